The first-order valence-corrected chi connectivity index (χ1v) is 9.32. The normalized spacial score (nSPS) is 18.5. The van der Waals surface area contributed by atoms with Crippen molar-refractivity contribution in [1.82, 2.24) is 19.9 Å². The Labute approximate surface area is 174 Å². The van der Waals surface area contributed by atoms with E-state index in [1.54, 1.807) is 4.52 Å². The number of fused-ring (bicyclic) bond motifs is 1. The molecule has 0 spiro atoms. The van der Waals surface area contributed by atoms with Crippen molar-refractivity contribution >= 4 is 23.7 Å². The molecule has 11 heteroatoms. The Morgan fingerprint density at radius 2 is 2.17 bits per heavy atom. The van der Waals surface area contributed by atoms with E-state index in [4.69, 9.17) is 25.6 Å². The Morgan fingerprint density at radius 1 is 1.47 bits per heavy atom. The van der Waals surface area contributed by atoms with E-state index in [0.29, 0.717) is 12.1 Å². The molecule has 3 unspecified atom stereocenters. The molecule has 30 heavy (non-hydrogen) atoms. The van der Waals surface area contributed by atoms with Gasteiger partial charge in [-0.05, 0) is 30.9 Å². The van der Waals surface area contributed by atoms with E-state index >= 15 is 0 Å². The van der Waals surface area contributed by atoms with E-state index in [9.17, 15) is 9.59 Å². The van der Waals surface area contributed by atoms with E-state index in [-0.39, 0.29) is 24.7 Å². The maximum Gasteiger partial charge on any atom is 0.407 e. The van der Waals surface area contributed by atoms with Gasteiger partial charge in [-0.1, -0.05) is 13.8 Å². The molecule has 1 saturated heterocycles. The molecule has 1 amide bonds. The van der Waals surface area contributed by atoms with Gasteiger partial charge in [0, 0.05) is 13.7 Å². The van der Waals surface area contributed by atoms with Crippen LogP contribution in [0.2, 0.25) is 0 Å². The molecule has 164 valence electrons. The number of amides is 1. The lowest BCUT2D eigenvalue weighted by Crippen LogP contribution is -2.40. The Hall–Kier alpha value is -3.23. The molecule has 2 aromatic rings. The summed E-state index contributed by atoms with van der Waals surface area (Å²) in [5.41, 5.74) is 7.47. The van der Waals surface area contributed by atoms with Gasteiger partial charge in [0.25, 0.3) is 0 Å². The van der Waals surface area contributed by atoms with Crippen molar-refractivity contribution in [3.8, 4) is 6.57 Å². The second kappa shape index (κ2) is 12.4. The standard InChI is InChI=1S/C17H23N5O4.CHN.CH4O/c1-10(2)12(7-23)21-17(24)25-8-11-3-6-15(26-11)13-4-5-14-16(18)19-9-20-22(13)14;2*1-2/h4-5,7,9-12,15H,3,6,8H2,1-2H3,(H,21,24)(H2,18,19,20);1H;2H,1H3. The molecule has 3 rings (SSSR count). The zero-order valence-corrected chi connectivity index (χ0v) is 17.3. The lowest BCUT2D eigenvalue weighted by Gasteiger charge is -2.17. The summed E-state index contributed by atoms with van der Waals surface area (Å²) >= 11 is 0. The monoisotopic (exact) mass is 420 g/mol. The van der Waals surface area contributed by atoms with Crippen LogP contribution in [0.5, 0.6) is 0 Å². The molecule has 11 nitrogen and oxygen atoms in total. The third-order valence-electron chi connectivity index (χ3n) is 4.50. The molecule has 4 N–H and O–H groups in total. The van der Waals surface area contributed by atoms with Crippen LogP contribution in [-0.4, -0.2) is 57.9 Å². The van der Waals surface area contributed by atoms with Gasteiger partial charge in [-0.25, -0.2) is 19.6 Å². The molecule has 3 heterocycles. The second-order valence-corrected chi connectivity index (χ2v) is 6.67. The first kappa shape index (κ1) is 24.8. The van der Waals surface area contributed by atoms with Crippen LogP contribution < -0.4 is 11.1 Å². The maximum atomic E-state index is 11.8. The lowest BCUT2D eigenvalue weighted by atomic mass is 10.1. The minimum Gasteiger partial charge on any atom is -0.447 e. The lowest BCUT2D eigenvalue weighted by molar-refractivity contribution is -0.110. The van der Waals surface area contributed by atoms with E-state index in [1.165, 1.54) is 6.33 Å². The van der Waals surface area contributed by atoms with Crippen molar-refractivity contribution < 1.29 is 24.2 Å². The van der Waals surface area contributed by atoms with Gasteiger partial charge in [0.05, 0.1) is 17.8 Å². The van der Waals surface area contributed by atoms with E-state index < -0.39 is 12.1 Å². The minimum absolute atomic E-state index is 0.00392. The Balaban J connectivity index is 0.00000106. The molecular formula is C19H28N6O5. The molecule has 1 fully saturated rings. The number of nitrogen functional groups attached to an aromatic ring is 1. The molecule has 0 aromatic carbocycles. The predicted octanol–water partition coefficient (Wildman–Crippen LogP) is 1.23. The van der Waals surface area contributed by atoms with Crippen LogP contribution in [0.25, 0.3) is 5.52 Å². The van der Waals surface area contributed by atoms with Crippen LogP contribution in [-0.2, 0) is 14.3 Å². The zero-order chi connectivity index (χ0) is 22.7. The van der Waals surface area contributed by atoms with Gasteiger partial charge >= 0.3 is 6.09 Å². The number of ether oxygens (including phenoxy) is 2. The highest BCUT2D eigenvalue weighted by Gasteiger charge is 2.30. The summed E-state index contributed by atoms with van der Waals surface area (Å²) in [7, 11) is 1.00. The number of nitrogens with one attached hydrogen (secondary N) is 1. The molecule has 0 aliphatic carbocycles. The van der Waals surface area contributed by atoms with Gasteiger partial charge in [0.2, 0.25) is 0 Å². The number of hydrogen-bond donors (Lipinski definition) is 3. The third-order valence-corrected chi connectivity index (χ3v) is 4.50. The van der Waals surface area contributed by atoms with Crippen LogP contribution in [0.15, 0.2) is 18.5 Å². The number of rotatable bonds is 6. The van der Waals surface area contributed by atoms with Crippen molar-refractivity contribution in [2.24, 2.45) is 5.92 Å². The molecule has 1 aliphatic heterocycles. The van der Waals surface area contributed by atoms with Crippen molar-refractivity contribution in [2.45, 2.75) is 44.9 Å². The van der Waals surface area contributed by atoms with Gasteiger partial charge in [-0.15, -0.1) is 0 Å². The summed E-state index contributed by atoms with van der Waals surface area (Å²) in [5.74, 6) is 0.417. The molecule has 2 aromatic heterocycles. The van der Waals surface area contributed by atoms with E-state index in [0.717, 1.165) is 31.2 Å². The highest BCUT2D eigenvalue weighted by atomic mass is 16.6. The van der Waals surface area contributed by atoms with Crippen LogP contribution in [0.3, 0.4) is 0 Å². The largest absolute Gasteiger partial charge is 0.447 e. The van der Waals surface area contributed by atoms with Gasteiger partial charge in [0.1, 0.15) is 30.8 Å². The number of aliphatic hydroxyl groups excluding tert-OH is 1. The smallest absolute Gasteiger partial charge is 0.407 e. The predicted molar refractivity (Wildman–Crippen MR) is 108 cm³/mol. The number of aliphatic hydroxyl groups is 1. The highest BCUT2D eigenvalue weighted by molar-refractivity contribution is 5.73. The molecule has 1 aliphatic rings. The first-order chi connectivity index (χ1) is 14.5. The maximum absolute atomic E-state index is 11.8. The van der Waals surface area contributed by atoms with Gasteiger partial charge in [-0.2, -0.15) is 5.10 Å². The Kier molecular flexibility index (Phi) is 10.2. The highest BCUT2D eigenvalue weighted by Crippen LogP contribution is 2.33. The van der Waals surface area contributed by atoms with Crippen molar-refractivity contribution in [3.63, 3.8) is 0 Å². The number of nitriles is 1. The second-order valence-electron chi connectivity index (χ2n) is 6.67. The number of alkyl carbamates (subject to hydrolysis) is 1. The van der Waals surface area contributed by atoms with Crippen LogP contribution in [0, 0.1) is 17.8 Å². The van der Waals surface area contributed by atoms with Crippen LogP contribution in [0.4, 0.5) is 10.6 Å². The number of aromatic nitrogens is 3. The van der Waals surface area contributed by atoms with Crippen molar-refractivity contribution in [2.75, 3.05) is 19.5 Å². The summed E-state index contributed by atoms with van der Waals surface area (Å²) < 4.78 is 12.9. The Morgan fingerprint density at radius 3 is 2.80 bits per heavy atom. The average Bonchev–Trinajstić information content (AvgIpc) is 3.40. The minimum atomic E-state index is -0.614. The molecule has 3 atom stereocenters. The summed E-state index contributed by atoms with van der Waals surface area (Å²) in [6, 6.07) is 3.21. The SMILES string of the molecule is C#N.CC(C)C(C=O)NC(=O)OCC1CCC(c2ccc3c(N)ncnn23)O1.CO. The van der Waals surface area contributed by atoms with Crippen LogP contribution >= 0.6 is 0 Å². The van der Waals surface area contributed by atoms with E-state index in [2.05, 4.69) is 22.0 Å². The topological polar surface area (TPSA) is 165 Å². The molecule has 0 bridgehead atoms. The van der Waals surface area contributed by atoms with Crippen molar-refractivity contribution in [3.05, 3.63) is 24.2 Å². The number of nitrogens with zero attached hydrogens (tertiary/aromatic N) is 4. The van der Waals surface area contributed by atoms with Crippen molar-refractivity contribution in [1.29, 1.82) is 5.26 Å². The summed E-state index contributed by atoms with van der Waals surface area (Å²) in [4.78, 5) is 26.7. The summed E-state index contributed by atoms with van der Waals surface area (Å²) in [6.07, 6.45) is 2.69. The summed E-state index contributed by atoms with van der Waals surface area (Å²) in [5, 5.41) is 20.3. The van der Waals surface area contributed by atoms with Gasteiger partial charge in [-0.3, -0.25) is 0 Å². The number of aldehydes is 1. The fourth-order valence-electron chi connectivity index (χ4n) is 2.97. The number of anilines is 1. The van der Waals surface area contributed by atoms with E-state index in [1.807, 2.05) is 26.0 Å². The molecule has 0 radical (unpaired) electrons. The fourth-order valence-corrected chi connectivity index (χ4v) is 2.97. The zero-order valence-electron chi connectivity index (χ0n) is 17.3. The first-order valence-electron chi connectivity index (χ1n) is 9.32. The van der Waals surface area contributed by atoms with Gasteiger partial charge < -0.3 is 30.4 Å². The quantitative estimate of drug-likeness (QED) is 0.583. The Bertz CT molecular complexity index is 837. The number of hydrogen-bond acceptors (Lipinski definition) is 9. The molecule has 0 saturated carbocycles. The van der Waals surface area contributed by atoms with Gasteiger partial charge in [0.15, 0.2) is 5.82 Å². The number of carbonyl (C=O) groups excluding carboxylic acids is 2. The molecular weight excluding hydrogens is 392 g/mol. The third kappa shape index (κ3) is 6.13. The van der Waals surface area contributed by atoms with Crippen LogP contribution in [0.1, 0.15) is 38.5 Å². The summed E-state index contributed by atoms with van der Waals surface area (Å²) in [6.45, 7) is 7.33. The number of carbonyl (C=O) groups is 2. The average molecular weight is 420 g/mol. The number of nitrogens with two attached hydrogens (primary N) is 1. The fraction of sp³-hybridized carbons (Fsp3) is 0.526.